The van der Waals surface area contributed by atoms with E-state index in [0.29, 0.717) is 5.69 Å². The van der Waals surface area contributed by atoms with Gasteiger partial charge in [0.25, 0.3) is 11.5 Å². The highest BCUT2D eigenvalue weighted by atomic mass is 35.5. The van der Waals surface area contributed by atoms with Crippen molar-refractivity contribution in [2.75, 3.05) is 5.32 Å². The number of nitrogens with one attached hydrogen (secondary N) is 1. The highest BCUT2D eigenvalue weighted by Gasteiger charge is 2.31. The number of anilines is 1. The van der Waals surface area contributed by atoms with Gasteiger partial charge >= 0.3 is 6.18 Å². The summed E-state index contributed by atoms with van der Waals surface area (Å²) in [5.41, 5.74) is -1.35. The fourth-order valence-electron chi connectivity index (χ4n) is 2.34. The number of halogens is 6. The van der Waals surface area contributed by atoms with Crippen LogP contribution in [0, 0.1) is 0 Å². The van der Waals surface area contributed by atoms with E-state index in [1.807, 2.05) is 0 Å². The molecule has 1 N–H and O–H groups in total. The molecule has 1 amide bonds. The lowest BCUT2D eigenvalue weighted by Gasteiger charge is -2.12. The molecular formula is C18H9Cl3F3N3O2. The average molecular weight is 463 g/mol. The molecule has 11 heteroatoms. The summed E-state index contributed by atoms with van der Waals surface area (Å²) in [5.74, 6) is -0.688. The molecule has 0 atom stereocenters. The predicted octanol–water partition coefficient (Wildman–Crippen LogP) is 5.46. The minimum atomic E-state index is -4.58. The molecule has 150 valence electrons. The number of rotatable bonds is 3. The van der Waals surface area contributed by atoms with Crippen molar-refractivity contribution in [1.82, 2.24) is 9.78 Å². The van der Waals surface area contributed by atoms with Crippen LogP contribution in [0.5, 0.6) is 0 Å². The highest BCUT2D eigenvalue weighted by Crippen LogP contribution is 2.34. The van der Waals surface area contributed by atoms with Gasteiger partial charge in [0, 0.05) is 5.56 Å². The number of nitrogens with zero attached hydrogens (tertiary/aromatic N) is 2. The van der Waals surface area contributed by atoms with Gasteiger partial charge in [-0.2, -0.15) is 23.0 Å². The Kier molecular flexibility index (Phi) is 5.88. The molecule has 1 heterocycles. The minimum Gasteiger partial charge on any atom is -0.321 e. The molecule has 29 heavy (non-hydrogen) atoms. The summed E-state index contributed by atoms with van der Waals surface area (Å²) < 4.78 is 39.5. The van der Waals surface area contributed by atoms with E-state index in [0.717, 1.165) is 22.9 Å². The van der Waals surface area contributed by atoms with Crippen LogP contribution in [-0.2, 0) is 6.18 Å². The van der Waals surface area contributed by atoms with Crippen LogP contribution < -0.4 is 10.9 Å². The van der Waals surface area contributed by atoms with Crippen LogP contribution in [0.4, 0.5) is 18.9 Å². The first kappa shape index (κ1) is 21.2. The first-order valence-electron chi connectivity index (χ1n) is 7.80. The van der Waals surface area contributed by atoms with Crippen LogP contribution in [0.2, 0.25) is 15.1 Å². The average Bonchev–Trinajstić information content (AvgIpc) is 2.67. The quantitative estimate of drug-likeness (QED) is 0.562. The number of carbonyl (C=O) groups excluding carboxylic acids is 1. The van der Waals surface area contributed by atoms with Gasteiger partial charge in [-0.25, -0.2) is 0 Å². The molecule has 0 saturated heterocycles. The van der Waals surface area contributed by atoms with E-state index in [-0.39, 0.29) is 26.3 Å². The van der Waals surface area contributed by atoms with Gasteiger partial charge in [0.05, 0.1) is 33.2 Å². The van der Waals surface area contributed by atoms with Gasteiger partial charge in [0.1, 0.15) is 5.02 Å². The summed E-state index contributed by atoms with van der Waals surface area (Å²) in [6.07, 6.45) is -3.38. The first-order chi connectivity index (χ1) is 13.6. The Labute approximate surface area is 176 Å². The normalized spacial score (nSPS) is 11.4. The monoisotopic (exact) mass is 461 g/mol. The number of aromatic nitrogens is 2. The minimum absolute atomic E-state index is 0.00174. The van der Waals surface area contributed by atoms with Crippen molar-refractivity contribution < 1.29 is 18.0 Å². The second kappa shape index (κ2) is 8.06. The zero-order chi connectivity index (χ0) is 21.3. The van der Waals surface area contributed by atoms with E-state index < -0.39 is 23.2 Å². The van der Waals surface area contributed by atoms with Crippen molar-refractivity contribution >= 4 is 46.4 Å². The Balaban J connectivity index is 1.85. The Hall–Kier alpha value is -2.55. The van der Waals surface area contributed by atoms with Gasteiger partial charge in [0.2, 0.25) is 0 Å². The lowest BCUT2D eigenvalue weighted by molar-refractivity contribution is -0.137. The van der Waals surface area contributed by atoms with E-state index in [1.165, 1.54) is 30.5 Å². The van der Waals surface area contributed by atoms with Crippen molar-refractivity contribution in [2.24, 2.45) is 0 Å². The molecule has 3 aromatic rings. The molecule has 1 aromatic heterocycles. The maximum absolute atomic E-state index is 12.8. The maximum atomic E-state index is 12.8. The van der Waals surface area contributed by atoms with Crippen molar-refractivity contribution in [3.63, 3.8) is 0 Å². The van der Waals surface area contributed by atoms with Crippen molar-refractivity contribution in [3.05, 3.63) is 85.2 Å². The van der Waals surface area contributed by atoms with E-state index >= 15 is 0 Å². The number of hydrogen-bond donors (Lipinski definition) is 1. The molecule has 0 saturated carbocycles. The fourth-order valence-corrected chi connectivity index (χ4v) is 2.76. The molecule has 0 fully saturated rings. The Bertz CT molecular complexity index is 1150. The second-order valence-electron chi connectivity index (χ2n) is 5.72. The van der Waals surface area contributed by atoms with E-state index in [9.17, 15) is 22.8 Å². The Morgan fingerprint density at radius 1 is 1.00 bits per heavy atom. The molecule has 2 aromatic carbocycles. The molecule has 5 nitrogen and oxygen atoms in total. The lowest BCUT2D eigenvalue weighted by Crippen LogP contribution is -2.21. The maximum Gasteiger partial charge on any atom is 0.416 e. The Morgan fingerprint density at radius 3 is 2.28 bits per heavy atom. The van der Waals surface area contributed by atoms with Crippen molar-refractivity contribution in [3.8, 4) is 5.69 Å². The molecule has 0 aliphatic heterocycles. The number of hydrogen-bond acceptors (Lipinski definition) is 3. The predicted molar refractivity (Wildman–Crippen MR) is 104 cm³/mol. The lowest BCUT2D eigenvalue weighted by atomic mass is 10.1. The topological polar surface area (TPSA) is 64.0 Å². The third kappa shape index (κ3) is 4.55. The smallest absolute Gasteiger partial charge is 0.321 e. The van der Waals surface area contributed by atoms with Gasteiger partial charge in [-0.1, -0.05) is 34.8 Å². The standard InChI is InChI=1S/C18H9Cl3F3N3O2/c19-12-6-3-10(18(22,23)24)7-14(12)26-16(28)9-1-4-11(5-2-9)27-17(29)15(21)13(20)8-25-27/h1-8H,(H,26,28). The molecule has 0 unspecified atom stereocenters. The molecule has 0 aliphatic carbocycles. The van der Waals surface area contributed by atoms with Crippen LogP contribution in [-0.4, -0.2) is 15.7 Å². The van der Waals surface area contributed by atoms with Crippen LogP contribution in [0.25, 0.3) is 5.69 Å². The second-order valence-corrected chi connectivity index (χ2v) is 6.91. The van der Waals surface area contributed by atoms with E-state index in [1.54, 1.807) is 0 Å². The summed E-state index contributed by atoms with van der Waals surface area (Å²) in [6, 6.07) is 8.17. The van der Waals surface area contributed by atoms with Gasteiger partial charge in [0.15, 0.2) is 0 Å². The van der Waals surface area contributed by atoms with Crippen molar-refractivity contribution in [2.45, 2.75) is 6.18 Å². The fraction of sp³-hybridized carbons (Fsp3) is 0.0556. The van der Waals surface area contributed by atoms with E-state index in [2.05, 4.69) is 10.4 Å². The van der Waals surface area contributed by atoms with Gasteiger partial charge in [-0.05, 0) is 42.5 Å². The molecular weight excluding hydrogens is 454 g/mol. The third-order valence-corrected chi connectivity index (χ3v) is 4.87. The molecule has 0 radical (unpaired) electrons. The molecule has 0 spiro atoms. The number of carbonyl (C=O) groups is 1. The number of amides is 1. The van der Waals surface area contributed by atoms with Crippen LogP contribution >= 0.6 is 34.8 Å². The SMILES string of the molecule is O=C(Nc1cc(C(F)(F)F)ccc1Cl)c1ccc(-n2ncc(Cl)c(Cl)c2=O)cc1. The highest BCUT2D eigenvalue weighted by molar-refractivity contribution is 6.41. The zero-order valence-electron chi connectivity index (χ0n) is 14.1. The van der Waals surface area contributed by atoms with Crippen LogP contribution in [0.1, 0.15) is 15.9 Å². The Morgan fingerprint density at radius 2 is 1.66 bits per heavy atom. The van der Waals surface area contributed by atoms with Crippen LogP contribution in [0.15, 0.2) is 53.5 Å². The number of alkyl halides is 3. The van der Waals surface area contributed by atoms with Crippen LogP contribution in [0.3, 0.4) is 0 Å². The van der Waals surface area contributed by atoms with Gasteiger partial charge in [-0.15, -0.1) is 0 Å². The first-order valence-corrected chi connectivity index (χ1v) is 8.93. The molecule has 0 bridgehead atoms. The summed E-state index contributed by atoms with van der Waals surface area (Å²) in [5, 5.41) is 5.94. The summed E-state index contributed by atoms with van der Waals surface area (Å²) in [4.78, 5) is 24.5. The third-order valence-electron chi connectivity index (χ3n) is 3.79. The van der Waals surface area contributed by atoms with Crippen molar-refractivity contribution in [1.29, 1.82) is 0 Å². The largest absolute Gasteiger partial charge is 0.416 e. The molecule has 0 aliphatic rings. The summed E-state index contributed by atoms with van der Waals surface area (Å²) in [6.45, 7) is 0. The molecule has 3 rings (SSSR count). The summed E-state index contributed by atoms with van der Waals surface area (Å²) in [7, 11) is 0. The van der Waals surface area contributed by atoms with Gasteiger partial charge < -0.3 is 5.32 Å². The van der Waals surface area contributed by atoms with E-state index in [4.69, 9.17) is 34.8 Å². The number of benzene rings is 2. The summed E-state index contributed by atoms with van der Waals surface area (Å²) >= 11 is 17.4. The zero-order valence-corrected chi connectivity index (χ0v) is 16.4. The van der Waals surface area contributed by atoms with Gasteiger partial charge in [-0.3, -0.25) is 9.59 Å².